The van der Waals surface area contributed by atoms with Crippen LogP contribution in [0, 0.1) is 13.8 Å². The number of benzene rings is 3. The van der Waals surface area contributed by atoms with Crippen molar-refractivity contribution in [3.63, 3.8) is 0 Å². The number of halogens is 3. The molecule has 1 amide bonds. The number of rotatable bonds is 8. The standard InChI is InChI=1S/C29H27F3N2O5/c1-17-18(2)24(39-25-10-12-33-22-16-27(38-4)26(37-3)15-21(22)25)9-8-23(17)34(28(35)36)13-11-19-6-5-7-20(14-19)29(30,31)32/h5-10,12,14-16H,11,13H2,1-4H3,(H,35,36). The molecule has 4 rings (SSSR count). The molecular weight excluding hydrogens is 513 g/mol. The van der Waals surface area contributed by atoms with Crippen molar-refractivity contribution in [2.24, 2.45) is 0 Å². The number of pyridine rings is 1. The molecule has 0 fully saturated rings. The minimum Gasteiger partial charge on any atom is -0.493 e. The zero-order valence-electron chi connectivity index (χ0n) is 21.8. The molecule has 0 bridgehead atoms. The molecule has 4 aromatic rings. The van der Waals surface area contributed by atoms with Crippen LogP contribution in [0.4, 0.5) is 23.7 Å². The van der Waals surface area contributed by atoms with Gasteiger partial charge in [0.1, 0.15) is 11.5 Å². The van der Waals surface area contributed by atoms with Gasteiger partial charge >= 0.3 is 12.3 Å². The molecule has 1 aromatic heterocycles. The maximum Gasteiger partial charge on any atom is 0.416 e. The molecule has 204 valence electrons. The van der Waals surface area contributed by atoms with E-state index in [0.29, 0.717) is 56.3 Å². The minimum absolute atomic E-state index is 0.0201. The van der Waals surface area contributed by atoms with Crippen molar-refractivity contribution in [1.29, 1.82) is 0 Å². The third-order valence-corrected chi connectivity index (χ3v) is 6.54. The second-order valence-corrected chi connectivity index (χ2v) is 8.85. The lowest BCUT2D eigenvalue weighted by Crippen LogP contribution is -2.32. The zero-order chi connectivity index (χ0) is 28.3. The number of ether oxygens (including phenoxy) is 3. The maximum atomic E-state index is 13.1. The molecule has 0 aliphatic rings. The Hall–Kier alpha value is -4.47. The van der Waals surface area contributed by atoms with Gasteiger partial charge in [0.2, 0.25) is 0 Å². The predicted molar refractivity (Wildman–Crippen MR) is 141 cm³/mol. The summed E-state index contributed by atoms with van der Waals surface area (Å²) in [7, 11) is 3.08. The van der Waals surface area contributed by atoms with Crippen LogP contribution in [0.2, 0.25) is 0 Å². The second kappa shape index (κ2) is 11.1. The number of aromatic nitrogens is 1. The molecule has 1 heterocycles. The van der Waals surface area contributed by atoms with Crippen LogP contribution in [0.15, 0.2) is 60.8 Å². The van der Waals surface area contributed by atoms with E-state index in [2.05, 4.69) is 4.98 Å². The monoisotopic (exact) mass is 540 g/mol. The topological polar surface area (TPSA) is 81.1 Å². The van der Waals surface area contributed by atoms with Crippen LogP contribution >= 0.6 is 0 Å². The average Bonchev–Trinajstić information content (AvgIpc) is 2.91. The fourth-order valence-electron chi connectivity index (χ4n) is 4.30. The molecule has 39 heavy (non-hydrogen) atoms. The van der Waals surface area contributed by atoms with Crippen molar-refractivity contribution in [1.82, 2.24) is 4.98 Å². The van der Waals surface area contributed by atoms with Gasteiger partial charge in [0.05, 0.1) is 31.0 Å². The molecule has 7 nitrogen and oxygen atoms in total. The smallest absolute Gasteiger partial charge is 0.416 e. The molecule has 0 saturated heterocycles. The first kappa shape index (κ1) is 27.6. The van der Waals surface area contributed by atoms with Crippen LogP contribution in [-0.2, 0) is 12.6 Å². The molecular formula is C29H27F3N2O5. The summed E-state index contributed by atoms with van der Waals surface area (Å²) in [6, 6.07) is 13.4. The third kappa shape index (κ3) is 5.84. The van der Waals surface area contributed by atoms with Crippen molar-refractivity contribution < 1.29 is 37.3 Å². The van der Waals surface area contributed by atoms with Gasteiger partial charge in [-0.1, -0.05) is 18.2 Å². The minimum atomic E-state index is -4.47. The summed E-state index contributed by atoms with van der Waals surface area (Å²) in [5.41, 5.74) is 2.06. The number of anilines is 1. The summed E-state index contributed by atoms with van der Waals surface area (Å²) in [5.74, 6) is 2.09. The van der Waals surface area contributed by atoms with E-state index in [4.69, 9.17) is 14.2 Å². The van der Waals surface area contributed by atoms with Gasteiger partial charge in [0, 0.05) is 24.2 Å². The number of nitrogens with zero attached hydrogens (tertiary/aromatic N) is 2. The summed E-state index contributed by atoms with van der Waals surface area (Å²) in [5, 5.41) is 10.6. The van der Waals surface area contributed by atoms with Crippen LogP contribution < -0.4 is 19.1 Å². The quantitative estimate of drug-likeness (QED) is 0.251. The Balaban J connectivity index is 1.61. The van der Waals surface area contributed by atoms with E-state index in [-0.39, 0.29) is 13.0 Å². The normalized spacial score (nSPS) is 11.4. The molecule has 3 aromatic carbocycles. The maximum absolute atomic E-state index is 13.1. The molecule has 0 saturated carbocycles. The Morgan fingerprint density at radius 2 is 1.64 bits per heavy atom. The Morgan fingerprint density at radius 3 is 2.31 bits per heavy atom. The molecule has 0 atom stereocenters. The van der Waals surface area contributed by atoms with Gasteiger partial charge in [0.15, 0.2) is 11.5 Å². The molecule has 0 aliphatic carbocycles. The van der Waals surface area contributed by atoms with Gasteiger partial charge in [0.25, 0.3) is 0 Å². The van der Waals surface area contributed by atoms with Crippen molar-refractivity contribution >= 4 is 22.7 Å². The van der Waals surface area contributed by atoms with E-state index in [1.54, 1.807) is 49.5 Å². The van der Waals surface area contributed by atoms with Gasteiger partial charge in [-0.05, 0) is 67.3 Å². The molecule has 0 unspecified atom stereocenters. The number of fused-ring (bicyclic) bond motifs is 1. The summed E-state index contributed by atoms with van der Waals surface area (Å²) < 4.78 is 56.2. The Labute approximate surface area is 223 Å². The number of methoxy groups -OCH3 is 2. The highest BCUT2D eigenvalue weighted by Crippen LogP contribution is 2.39. The Morgan fingerprint density at radius 1 is 0.923 bits per heavy atom. The molecule has 10 heteroatoms. The van der Waals surface area contributed by atoms with Crippen molar-refractivity contribution in [2.45, 2.75) is 26.4 Å². The van der Waals surface area contributed by atoms with Gasteiger partial charge < -0.3 is 19.3 Å². The fraction of sp³-hybridized carbons (Fsp3) is 0.241. The largest absolute Gasteiger partial charge is 0.493 e. The highest BCUT2D eigenvalue weighted by molar-refractivity contribution is 5.89. The molecule has 0 spiro atoms. The second-order valence-electron chi connectivity index (χ2n) is 8.85. The van der Waals surface area contributed by atoms with Crippen molar-refractivity contribution in [3.8, 4) is 23.0 Å². The lowest BCUT2D eigenvalue weighted by molar-refractivity contribution is -0.137. The predicted octanol–water partition coefficient (Wildman–Crippen LogP) is 7.41. The van der Waals surface area contributed by atoms with Crippen molar-refractivity contribution in [3.05, 3.63) is 83.0 Å². The number of hydrogen-bond donors (Lipinski definition) is 1. The average molecular weight is 541 g/mol. The van der Waals surface area contributed by atoms with Gasteiger partial charge in [-0.25, -0.2) is 4.79 Å². The van der Waals surface area contributed by atoms with E-state index >= 15 is 0 Å². The number of carboxylic acid groups (broad SMARTS) is 1. The first-order chi connectivity index (χ1) is 18.5. The molecule has 0 aliphatic heterocycles. The lowest BCUT2D eigenvalue weighted by atomic mass is 10.0. The zero-order valence-corrected chi connectivity index (χ0v) is 21.8. The highest BCUT2D eigenvalue weighted by Gasteiger charge is 2.30. The summed E-state index contributed by atoms with van der Waals surface area (Å²) in [6.07, 6.45) is -3.95. The van der Waals surface area contributed by atoms with E-state index in [0.717, 1.165) is 17.0 Å². The molecule has 0 radical (unpaired) electrons. The van der Waals surface area contributed by atoms with E-state index in [1.165, 1.54) is 20.3 Å². The van der Waals surface area contributed by atoms with Crippen LogP contribution in [0.3, 0.4) is 0 Å². The van der Waals surface area contributed by atoms with Gasteiger partial charge in [-0.3, -0.25) is 9.88 Å². The molecule has 1 N–H and O–H groups in total. The number of hydrogen-bond acceptors (Lipinski definition) is 5. The van der Waals surface area contributed by atoms with Gasteiger partial charge in [-0.2, -0.15) is 13.2 Å². The Bertz CT molecular complexity index is 1520. The van der Waals surface area contributed by atoms with Crippen molar-refractivity contribution in [2.75, 3.05) is 25.7 Å². The highest BCUT2D eigenvalue weighted by atomic mass is 19.4. The van der Waals surface area contributed by atoms with Gasteiger partial charge in [-0.15, -0.1) is 0 Å². The Kier molecular flexibility index (Phi) is 7.85. The van der Waals surface area contributed by atoms with Crippen LogP contribution in [0.1, 0.15) is 22.3 Å². The van der Waals surface area contributed by atoms with E-state index in [1.807, 2.05) is 6.92 Å². The van der Waals surface area contributed by atoms with E-state index < -0.39 is 17.8 Å². The number of alkyl halides is 3. The summed E-state index contributed by atoms with van der Waals surface area (Å²) in [4.78, 5) is 17.6. The third-order valence-electron chi connectivity index (χ3n) is 6.54. The number of carbonyl (C=O) groups is 1. The van der Waals surface area contributed by atoms with E-state index in [9.17, 15) is 23.1 Å². The SMILES string of the molecule is COc1cc2nccc(Oc3ccc(N(CCc4cccc(C(F)(F)F)c4)C(=O)O)c(C)c3C)c2cc1OC. The lowest BCUT2D eigenvalue weighted by Gasteiger charge is -2.24. The first-order valence-electron chi connectivity index (χ1n) is 12.0. The summed E-state index contributed by atoms with van der Waals surface area (Å²) in [6.45, 7) is 3.57. The van der Waals surface area contributed by atoms with Crippen LogP contribution in [0.25, 0.3) is 10.9 Å². The van der Waals surface area contributed by atoms with Crippen LogP contribution in [-0.4, -0.2) is 36.9 Å². The van der Waals surface area contributed by atoms with Crippen LogP contribution in [0.5, 0.6) is 23.0 Å². The first-order valence-corrected chi connectivity index (χ1v) is 12.0. The summed E-state index contributed by atoms with van der Waals surface area (Å²) >= 11 is 0. The fourth-order valence-corrected chi connectivity index (χ4v) is 4.30. The number of amides is 1.